The molecule has 0 aromatic heterocycles. The minimum atomic E-state index is -0.272. The van der Waals surface area contributed by atoms with E-state index in [1.165, 1.54) is 17.8 Å². The molecule has 1 atom stereocenters. The van der Waals surface area contributed by atoms with Crippen molar-refractivity contribution in [3.63, 3.8) is 0 Å². The number of ether oxygens (including phenoxy) is 1. The average Bonchev–Trinajstić information content (AvgIpc) is 3.18. The van der Waals surface area contributed by atoms with Crippen molar-refractivity contribution >= 4 is 5.71 Å². The quantitative estimate of drug-likeness (QED) is 0.476. The molecule has 0 fully saturated rings. The molecule has 1 aliphatic heterocycles. The van der Waals surface area contributed by atoms with Gasteiger partial charge in [-0.15, -0.1) is 0 Å². The molecule has 3 aliphatic rings. The highest BCUT2D eigenvalue weighted by molar-refractivity contribution is 5.91. The average molecular weight is 434 g/mol. The van der Waals surface area contributed by atoms with E-state index >= 15 is 0 Å². The molecule has 1 unspecified atom stereocenters. The van der Waals surface area contributed by atoms with E-state index in [1.807, 2.05) is 13.0 Å². The molecule has 0 radical (unpaired) electrons. The predicted octanol–water partition coefficient (Wildman–Crippen LogP) is 7.74. The molecule has 1 aromatic carbocycles. The van der Waals surface area contributed by atoms with Gasteiger partial charge >= 0.3 is 0 Å². The summed E-state index contributed by atoms with van der Waals surface area (Å²) in [6, 6.07) is 6.06. The Morgan fingerprint density at radius 1 is 0.969 bits per heavy atom. The van der Waals surface area contributed by atoms with E-state index in [4.69, 9.17) is 9.73 Å². The molecular weight excluding hydrogens is 404 g/mol. The second-order valence-corrected chi connectivity index (χ2v) is 8.42. The van der Waals surface area contributed by atoms with Crippen molar-refractivity contribution in [3.8, 4) is 5.75 Å². The van der Waals surface area contributed by atoms with E-state index in [1.54, 1.807) is 12.1 Å². The predicted molar refractivity (Wildman–Crippen MR) is 127 cm³/mol. The Morgan fingerprint density at radius 3 is 2.53 bits per heavy atom. The number of allylic oxidation sites excluding steroid dienone is 11. The summed E-state index contributed by atoms with van der Waals surface area (Å²) in [4.78, 5) is 4.82. The van der Waals surface area contributed by atoms with Crippen LogP contribution in [0.2, 0.25) is 0 Å². The number of hydrogen-bond acceptors (Lipinski definition) is 2. The highest BCUT2D eigenvalue weighted by Crippen LogP contribution is 2.29. The van der Waals surface area contributed by atoms with Crippen LogP contribution < -0.4 is 4.74 Å². The topological polar surface area (TPSA) is 21.6 Å². The molecule has 32 heavy (non-hydrogen) atoms. The fourth-order valence-electron chi connectivity index (χ4n) is 4.19. The number of rotatable bonds is 4. The molecular formula is C28H29F2NO. The lowest BCUT2D eigenvalue weighted by molar-refractivity contribution is 0.350. The lowest BCUT2D eigenvalue weighted by Crippen LogP contribution is -2.09. The van der Waals surface area contributed by atoms with Crippen LogP contribution in [0, 0.1) is 11.7 Å². The normalized spacial score (nSPS) is 22.7. The minimum absolute atomic E-state index is 0.0244. The third-order valence-electron chi connectivity index (χ3n) is 5.98. The number of aliphatic imine (C=N–C) groups is 1. The van der Waals surface area contributed by atoms with Gasteiger partial charge in [-0.3, -0.25) is 4.99 Å². The lowest BCUT2D eigenvalue weighted by atomic mass is 9.91. The first kappa shape index (κ1) is 22.2. The Labute approximate surface area is 189 Å². The second-order valence-electron chi connectivity index (χ2n) is 8.42. The van der Waals surface area contributed by atoms with Crippen LogP contribution in [0.25, 0.3) is 0 Å². The Morgan fingerprint density at radius 2 is 1.72 bits per heavy atom. The standard InChI is InChI=1S/C28H29F2NO/c1-20-17-22(8-2-4-11-27(20)30)21-7-3-5-12-28-23(10-6-9-21)18-25(31-28)19-32-26-15-13-24(29)14-16-26/h2-3,7-9,13-18,23H,4-6,10-12,19H2,1H3/b7-3?,8-2+,21-9?,22-17?,27-20?. The molecule has 166 valence electrons. The van der Waals surface area contributed by atoms with Gasteiger partial charge in [0.15, 0.2) is 0 Å². The summed E-state index contributed by atoms with van der Waals surface area (Å²) in [6.45, 7) is 2.23. The van der Waals surface area contributed by atoms with Gasteiger partial charge in [-0.1, -0.05) is 36.5 Å². The molecule has 1 heterocycles. The summed E-state index contributed by atoms with van der Waals surface area (Å²) in [6.07, 6.45) is 19.9. The van der Waals surface area contributed by atoms with Crippen LogP contribution in [0.4, 0.5) is 8.78 Å². The van der Waals surface area contributed by atoms with E-state index in [0.717, 1.165) is 54.5 Å². The van der Waals surface area contributed by atoms with Crippen molar-refractivity contribution in [2.75, 3.05) is 6.61 Å². The van der Waals surface area contributed by atoms with Gasteiger partial charge in [-0.25, -0.2) is 8.78 Å². The van der Waals surface area contributed by atoms with Crippen molar-refractivity contribution in [1.82, 2.24) is 0 Å². The largest absolute Gasteiger partial charge is 0.487 e. The van der Waals surface area contributed by atoms with Gasteiger partial charge in [-0.2, -0.15) is 0 Å². The highest BCUT2D eigenvalue weighted by atomic mass is 19.1. The third-order valence-corrected chi connectivity index (χ3v) is 5.98. The minimum Gasteiger partial charge on any atom is -0.487 e. The molecule has 0 N–H and O–H groups in total. The van der Waals surface area contributed by atoms with E-state index in [2.05, 4.69) is 36.5 Å². The van der Waals surface area contributed by atoms with E-state index in [-0.39, 0.29) is 11.6 Å². The van der Waals surface area contributed by atoms with Crippen molar-refractivity contribution in [2.24, 2.45) is 10.9 Å². The summed E-state index contributed by atoms with van der Waals surface area (Å²) in [5.74, 6) is 0.656. The zero-order valence-corrected chi connectivity index (χ0v) is 18.5. The molecule has 0 bridgehead atoms. The van der Waals surface area contributed by atoms with Gasteiger partial charge in [0.25, 0.3) is 0 Å². The molecule has 2 nitrogen and oxygen atoms in total. The first-order valence-electron chi connectivity index (χ1n) is 11.4. The maximum absolute atomic E-state index is 14.1. The van der Waals surface area contributed by atoms with Crippen molar-refractivity contribution in [3.05, 3.63) is 101 Å². The third kappa shape index (κ3) is 5.82. The Balaban J connectivity index is 1.44. The first-order valence-corrected chi connectivity index (χ1v) is 11.4. The maximum Gasteiger partial charge on any atom is 0.130 e. The second kappa shape index (κ2) is 10.5. The number of hydrogen-bond donors (Lipinski definition) is 0. The van der Waals surface area contributed by atoms with Crippen molar-refractivity contribution < 1.29 is 13.5 Å². The van der Waals surface area contributed by atoms with E-state index in [9.17, 15) is 8.78 Å². The number of benzene rings is 1. The van der Waals surface area contributed by atoms with Crippen molar-refractivity contribution in [2.45, 2.75) is 45.4 Å². The van der Waals surface area contributed by atoms with E-state index < -0.39 is 0 Å². The monoisotopic (exact) mass is 433 g/mol. The van der Waals surface area contributed by atoms with Gasteiger partial charge in [0.2, 0.25) is 0 Å². The Hall–Kier alpha value is -3.01. The van der Waals surface area contributed by atoms with Crippen LogP contribution in [0.3, 0.4) is 0 Å². The van der Waals surface area contributed by atoms with Crippen molar-refractivity contribution in [1.29, 1.82) is 0 Å². The number of nitrogens with zero attached hydrogens (tertiary/aromatic N) is 1. The summed E-state index contributed by atoms with van der Waals surface area (Å²) in [5.41, 5.74) is 5.07. The van der Waals surface area contributed by atoms with Crippen LogP contribution >= 0.6 is 0 Å². The van der Waals surface area contributed by atoms with Gasteiger partial charge in [0.05, 0.1) is 5.70 Å². The van der Waals surface area contributed by atoms with Crippen LogP contribution in [0.5, 0.6) is 5.75 Å². The molecule has 1 aromatic rings. The number of halogens is 2. The Kier molecular flexibility index (Phi) is 7.31. The molecule has 0 saturated heterocycles. The zero-order chi connectivity index (χ0) is 22.3. The summed E-state index contributed by atoms with van der Waals surface area (Å²) >= 11 is 0. The van der Waals surface area contributed by atoms with Crippen LogP contribution in [0.1, 0.15) is 45.4 Å². The summed E-state index contributed by atoms with van der Waals surface area (Å²) in [5, 5.41) is 0. The molecule has 0 spiro atoms. The SMILES string of the molecule is CC1=C(F)CC/C=C/C(C2=CCCC3C=C(COc4ccc(F)cc4)N=C3CCC=C2)=C1. The molecule has 4 heteroatoms. The zero-order valence-electron chi connectivity index (χ0n) is 18.5. The fraction of sp³-hybridized carbons (Fsp3) is 0.321. The van der Waals surface area contributed by atoms with Crippen LogP contribution in [-0.2, 0) is 0 Å². The molecule has 0 amide bonds. The molecule has 2 aliphatic carbocycles. The molecule has 0 saturated carbocycles. The van der Waals surface area contributed by atoms with Gasteiger partial charge in [0, 0.05) is 18.1 Å². The van der Waals surface area contributed by atoms with Crippen LogP contribution in [0.15, 0.2) is 100 Å². The lowest BCUT2D eigenvalue weighted by Gasteiger charge is -2.13. The molecule has 4 rings (SSSR count). The first-order chi connectivity index (χ1) is 15.6. The van der Waals surface area contributed by atoms with E-state index in [0.29, 0.717) is 24.7 Å². The highest BCUT2D eigenvalue weighted by Gasteiger charge is 2.21. The summed E-state index contributed by atoms with van der Waals surface area (Å²) in [7, 11) is 0. The van der Waals surface area contributed by atoms with Crippen LogP contribution in [-0.4, -0.2) is 12.3 Å². The number of fused-ring (bicyclic) bond motifs is 1. The fourth-order valence-corrected chi connectivity index (χ4v) is 4.19. The van der Waals surface area contributed by atoms with Gasteiger partial charge in [0.1, 0.15) is 24.0 Å². The Bertz CT molecular complexity index is 1050. The van der Waals surface area contributed by atoms with Gasteiger partial charge in [-0.05, 0) is 86.1 Å². The maximum atomic E-state index is 14.1. The summed E-state index contributed by atoms with van der Waals surface area (Å²) < 4.78 is 33.0. The van der Waals surface area contributed by atoms with Gasteiger partial charge < -0.3 is 4.74 Å². The smallest absolute Gasteiger partial charge is 0.130 e.